The van der Waals surface area contributed by atoms with E-state index >= 15 is 0 Å². The quantitative estimate of drug-likeness (QED) is 0.589. The number of halogens is 1. The van der Waals surface area contributed by atoms with Crippen LogP contribution in [0.3, 0.4) is 0 Å². The van der Waals surface area contributed by atoms with Crippen LogP contribution in [-0.4, -0.2) is 54.8 Å². The normalized spacial score (nSPS) is 24.4. The Morgan fingerprint density at radius 3 is 2.83 bits per heavy atom. The van der Waals surface area contributed by atoms with Crippen LogP contribution in [0.15, 0.2) is 0 Å². The number of amides is 1. The average molecular weight is 191 g/mol. The molecule has 12 heavy (non-hydrogen) atoms. The Bertz CT molecular complexity index is 174. The van der Waals surface area contributed by atoms with Crippen LogP contribution >= 0.6 is 11.6 Å². The summed E-state index contributed by atoms with van der Waals surface area (Å²) in [6, 6.07) is 0.362. The number of likely N-dealkylation sites (tertiary alicyclic amines) is 1. The van der Waals surface area contributed by atoms with E-state index in [0.717, 1.165) is 19.5 Å². The maximum atomic E-state index is 11.2. The molecule has 1 rings (SSSR count). The van der Waals surface area contributed by atoms with Crippen molar-refractivity contribution in [2.24, 2.45) is 0 Å². The maximum Gasteiger partial charge on any atom is 0.237 e. The molecule has 1 atom stereocenters. The molecule has 0 bridgehead atoms. The van der Waals surface area contributed by atoms with E-state index in [2.05, 4.69) is 11.9 Å². The Kier molecular flexibility index (Phi) is 3.35. The number of nitrogens with zero attached hydrogens (tertiary/aromatic N) is 2. The van der Waals surface area contributed by atoms with Crippen molar-refractivity contribution in [3.05, 3.63) is 0 Å². The summed E-state index contributed by atoms with van der Waals surface area (Å²) in [6.07, 6.45) is 1.07. The SMILES string of the molecule is CN1CCC(N(C)C(=O)CCl)C1. The largest absolute Gasteiger partial charge is 0.340 e. The van der Waals surface area contributed by atoms with Crippen LogP contribution in [0.2, 0.25) is 0 Å². The summed E-state index contributed by atoms with van der Waals surface area (Å²) in [6.45, 7) is 2.05. The minimum atomic E-state index is 0.0250. The van der Waals surface area contributed by atoms with E-state index in [1.165, 1.54) is 0 Å². The molecule has 0 aromatic carbocycles. The summed E-state index contributed by atoms with van der Waals surface area (Å²) >= 11 is 5.46. The summed E-state index contributed by atoms with van der Waals surface area (Å²) in [7, 11) is 3.90. The summed E-state index contributed by atoms with van der Waals surface area (Å²) < 4.78 is 0. The van der Waals surface area contributed by atoms with E-state index in [0.29, 0.717) is 6.04 Å². The maximum absolute atomic E-state index is 11.2. The number of rotatable bonds is 2. The van der Waals surface area contributed by atoms with Crippen molar-refractivity contribution in [1.82, 2.24) is 9.80 Å². The van der Waals surface area contributed by atoms with Crippen LogP contribution in [0, 0.1) is 0 Å². The van der Waals surface area contributed by atoms with E-state index in [-0.39, 0.29) is 11.8 Å². The Morgan fingerprint density at radius 2 is 2.42 bits per heavy atom. The lowest BCUT2D eigenvalue weighted by molar-refractivity contribution is -0.129. The topological polar surface area (TPSA) is 23.6 Å². The van der Waals surface area contributed by atoms with Crippen molar-refractivity contribution >= 4 is 17.5 Å². The molecule has 70 valence electrons. The van der Waals surface area contributed by atoms with E-state index in [9.17, 15) is 4.79 Å². The molecule has 0 spiro atoms. The first-order chi connectivity index (χ1) is 5.65. The molecule has 0 radical (unpaired) electrons. The van der Waals surface area contributed by atoms with Crippen LogP contribution in [0.1, 0.15) is 6.42 Å². The zero-order valence-corrected chi connectivity index (χ0v) is 8.34. The number of hydrogen-bond donors (Lipinski definition) is 0. The third-order valence-corrected chi connectivity index (χ3v) is 2.65. The second-order valence-corrected chi connectivity index (χ2v) is 3.61. The van der Waals surface area contributed by atoms with Gasteiger partial charge in [-0.2, -0.15) is 0 Å². The van der Waals surface area contributed by atoms with Crippen molar-refractivity contribution < 1.29 is 4.79 Å². The molecule has 0 aliphatic carbocycles. The summed E-state index contributed by atoms with van der Waals surface area (Å²) in [4.78, 5) is 15.2. The van der Waals surface area contributed by atoms with Gasteiger partial charge < -0.3 is 9.80 Å². The number of likely N-dealkylation sites (N-methyl/N-ethyl adjacent to an activating group) is 2. The minimum absolute atomic E-state index is 0.0250. The van der Waals surface area contributed by atoms with Crippen LogP contribution in [0.5, 0.6) is 0 Å². The molecular weight excluding hydrogens is 176 g/mol. The summed E-state index contributed by atoms with van der Waals surface area (Å²) in [5, 5.41) is 0. The van der Waals surface area contributed by atoms with E-state index < -0.39 is 0 Å². The molecule has 0 saturated carbocycles. The summed E-state index contributed by atoms with van der Waals surface area (Å²) in [5.74, 6) is 0.119. The molecule has 1 aliphatic rings. The molecule has 0 aromatic heterocycles. The van der Waals surface area contributed by atoms with Crippen molar-refractivity contribution in [3.8, 4) is 0 Å². The second kappa shape index (κ2) is 4.10. The lowest BCUT2D eigenvalue weighted by Crippen LogP contribution is -2.39. The Balaban J connectivity index is 2.42. The standard InChI is InChI=1S/C8H15ClN2O/c1-10-4-3-7(6-10)11(2)8(12)5-9/h7H,3-6H2,1-2H3. The zero-order valence-electron chi connectivity index (χ0n) is 7.59. The molecule has 1 fully saturated rings. The van der Waals surface area contributed by atoms with Crippen LogP contribution in [0.4, 0.5) is 0 Å². The van der Waals surface area contributed by atoms with Crippen LogP contribution in [-0.2, 0) is 4.79 Å². The number of hydrogen-bond acceptors (Lipinski definition) is 2. The molecular formula is C8H15ClN2O. The van der Waals surface area contributed by atoms with Gasteiger partial charge in [-0.15, -0.1) is 11.6 Å². The van der Waals surface area contributed by atoms with Gasteiger partial charge in [0.25, 0.3) is 0 Å². The van der Waals surface area contributed by atoms with Gasteiger partial charge in [-0.25, -0.2) is 0 Å². The average Bonchev–Trinajstić information content (AvgIpc) is 2.49. The first kappa shape index (κ1) is 9.81. The van der Waals surface area contributed by atoms with E-state index in [4.69, 9.17) is 11.6 Å². The monoisotopic (exact) mass is 190 g/mol. The van der Waals surface area contributed by atoms with Crippen LogP contribution in [0.25, 0.3) is 0 Å². The van der Waals surface area contributed by atoms with Crippen molar-refractivity contribution in [1.29, 1.82) is 0 Å². The first-order valence-corrected chi connectivity index (χ1v) is 4.68. The fourth-order valence-corrected chi connectivity index (χ4v) is 1.71. The van der Waals surface area contributed by atoms with Crippen molar-refractivity contribution in [2.75, 3.05) is 33.1 Å². The molecule has 1 unspecified atom stereocenters. The van der Waals surface area contributed by atoms with Crippen LogP contribution < -0.4 is 0 Å². The van der Waals surface area contributed by atoms with Gasteiger partial charge in [0, 0.05) is 19.6 Å². The first-order valence-electron chi connectivity index (χ1n) is 4.15. The molecule has 1 saturated heterocycles. The lowest BCUT2D eigenvalue weighted by Gasteiger charge is -2.23. The van der Waals surface area contributed by atoms with Gasteiger partial charge in [0.05, 0.1) is 0 Å². The molecule has 4 heteroatoms. The third-order valence-electron chi connectivity index (χ3n) is 2.42. The minimum Gasteiger partial charge on any atom is -0.340 e. The number of alkyl halides is 1. The molecule has 0 N–H and O–H groups in total. The van der Waals surface area contributed by atoms with Gasteiger partial charge in [-0.3, -0.25) is 4.79 Å². The van der Waals surface area contributed by atoms with Crippen molar-refractivity contribution in [3.63, 3.8) is 0 Å². The predicted octanol–water partition coefficient (Wildman–Crippen LogP) is 0.388. The molecule has 1 aliphatic heterocycles. The van der Waals surface area contributed by atoms with Gasteiger partial charge >= 0.3 is 0 Å². The van der Waals surface area contributed by atoms with Gasteiger partial charge in [0.1, 0.15) is 5.88 Å². The Hall–Kier alpha value is -0.280. The Morgan fingerprint density at radius 1 is 1.75 bits per heavy atom. The van der Waals surface area contributed by atoms with E-state index in [1.54, 1.807) is 4.90 Å². The highest BCUT2D eigenvalue weighted by Gasteiger charge is 2.25. The second-order valence-electron chi connectivity index (χ2n) is 3.34. The fraction of sp³-hybridized carbons (Fsp3) is 0.875. The lowest BCUT2D eigenvalue weighted by atomic mass is 10.2. The Labute approximate surface area is 78.3 Å². The van der Waals surface area contributed by atoms with Crippen molar-refractivity contribution in [2.45, 2.75) is 12.5 Å². The van der Waals surface area contributed by atoms with Gasteiger partial charge in [-0.1, -0.05) is 0 Å². The molecule has 1 heterocycles. The predicted molar refractivity (Wildman–Crippen MR) is 49.4 cm³/mol. The highest BCUT2D eigenvalue weighted by atomic mass is 35.5. The smallest absolute Gasteiger partial charge is 0.237 e. The molecule has 1 amide bonds. The van der Waals surface area contributed by atoms with E-state index in [1.807, 2.05) is 7.05 Å². The summed E-state index contributed by atoms with van der Waals surface area (Å²) in [5.41, 5.74) is 0. The third kappa shape index (κ3) is 2.11. The highest BCUT2D eigenvalue weighted by Crippen LogP contribution is 2.12. The van der Waals surface area contributed by atoms with Gasteiger partial charge in [0.2, 0.25) is 5.91 Å². The fourth-order valence-electron chi connectivity index (χ4n) is 1.53. The molecule has 0 aromatic rings. The van der Waals surface area contributed by atoms with Gasteiger partial charge in [-0.05, 0) is 20.0 Å². The number of carbonyl (C=O) groups is 1. The molecule has 3 nitrogen and oxygen atoms in total. The number of carbonyl (C=O) groups excluding carboxylic acids is 1. The zero-order chi connectivity index (χ0) is 9.14. The highest BCUT2D eigenvalue weighted by molar-refractivity contribution is 6.27. The van der Waals surface area contributed by atoms with Gasteiger partial charge in [0.15, 0.2) is 0 Å².